The normalized spacial score (nSPS) is 15.0. The average molecular weight is 2070 g/mol. The number of rotatable bonds is 85. The monoisotopic (exact) mass is 2070 g/mol. The van der Waals surface area contributed by atoms with Gasteiger partial charge in [0.05, 0.1) is 104 Å². The highest BCUT2D eigenvalue weighted by atomic mass is 33.1. The molecule has 7 unspecified atom stereocenters. The number of phosphoric ester groups is 3. The molecule has 1 rings (SSSR count). The second kappa shape index (κ2) is 81.8. The number of amides is 5. The van der Waals surface area contributed by atoms with Crippen molar-refractivity contribution in [3.63, 3.8) is 0 Å². The Kier molecular flexibility index (Phi) is 79.2. The van der Waals surface area contributed by atoms with E-state index in [-0.39, 0.29) is 164 Å². The van der Waals surface area contributed by atoms with Gasteiger partial charge < -0.3 is 107 Å². The number of nitrogens with one attached hydrogen (secondary N) is 4. The van der Waals surface area contributed by atoms with Crippen molar-refractivity contribution < 1.29 is 204 Å². The predicted molar refractivity (Wildman–Crippen MR) is 492 cm³/mol. The fraction of sp³-hybridized carbons (Fsp3) is 0.805. The topological polar surface area (TPSA) is 746 Å². The molecule has 1 saturated heterocycles. The van der Waals surface area contributed by atoms with E-state index in [4.69, 9.17) is 48.4 Å². The van der Waals surface area contributed by atoms with Gasteiger partial charge in [0, 0.05) is 102 Å². The highest BCUT2D eigenvalue weighted by molar-refractivity contribution is 8.76. The highest BCUT2D eigenvalue weighted by Crippen LogP contribution is 2.43. The highest BCUT2D eigenvalue weighted by Gasteiger charge is 2.41. The van der Waals surface area contributed by atoms with Crippen LogP contribution in [0.1, 0.15) is 204 Å². The maximum Gasteiger partial charge on any atom is 0.471 e. The second-order valence-corrected chi connectivity index (χ2v) is 38.5. The van der Waals surface area contributed by atoms with Crippen molar-refractivity contribution in [2.24, 2.45) is 0 Å². The summed E-state index contributed by atoms with van der Waals surface area (Å²) in [7, 11) is -4.43. The first-order valence-electron chi connectivity index (χ1n) is 43.9. The summed E-state index contributed by atoms with van der Waals surface area (Å²) in [6, 6.07) is -4.36. The fourth-order valence-corrected chi connectivity index (χ4v) is 17.1. The lowest BCUT2D eigenvalue weighted by Crippen LogP contribution is -2.59. The maximum atomic E-state index is 14.0. The molecule has 1 heterocycles. The summed E-state index contributed by atoms with van der Waals surface area (Å²) in [6.45, 7) is -7.04. The number of ketones is 1. The minimum atomic E-state index is -4.11. The molecule has 780 valence electrons. The van der Waals surface area contributed by atoms with E-state index < -0.39 is 201 Å². The number of thiol groups is 1. The smallest absolute Gasteiger partial charge is 0.471 e. The molecule has 49 nitrogen and oxygen atoms in total. The number of Topliss-reactive ketones (excluding diaryl/α,β-unsaturated/α-hetero) is 1. The van der Waals surface area contributed by atoms with Gasteiger partial charge >= 0.3 is 77.2 Å². The number of likely N-dealkylation sites (tertiary alicyclic amines) is 1. The molecule has 0 aliphatic carbocycles. The van der Waals surface area contributed by atoms with Crippen molar-refractivity contribution in [1.29, 1.82) is 0 Å². The fourth-order valence-electron chi connectivity index (χ4n) is 12.0. The van der Waals surface area contributed by atoms with Crippen molar-refractivity contribution >= 4 is 158 Å². The minimum absolute atomic E-state index is 0. The summed E-state index contributed by atoms with van der Waals surface area (Å²) in [5, 5.41) is 103. The van der Waals surface area contributed by atoms with E-state index in [9.17, 15) is 136 Å². The molecule has 0 radical (unpaired) electrons. The lowest BCUT2D eigenvalue weighted by atomic mass is 10.0. The van der Waals surface area contributed by atoms with Gasteiger partial charge in [0.2, 0.25) is 29.5 Å². The van der Waals surface area contributed by atoms with E-state index in [1.165, 1.54) is 43.9 Å². The van der Waals surface area contributed by atoms with Crippen molar-refractivity contribution in [1.82, 2.24) is 35.6 Å². The Morgan fingerprint density at radius 3 is 1.17 bits per heavy atom. The first-order valence-corrected chi connectivity index (χ1v) is 51.1. The van der Waals surface area contributed by atoms with Gasteiger partial charge in [-0.1, -0.05) is 80.4 Å². The van der Waals surface area contributed by atoms with Crippen LogP contribution in [-0.2, 0) is 127 Å². The van der Waals surface area contributed by atoms with Crippen LogP contribution in [0.15, 0.2) is 0 Å². The van der Waals surface area contributed by atoms with Crippen LogP contribution in [0, 0.1) is 0 Å². The Hall–Kier alpha value is -6.18. The molecule has 1 aliphatic heterocycles. The van der Waals surface area contributed by atoms with E-state index in [0.717, 1.165) is 90.3 Å². The quantitative estimate of drug-likeness (QED) is 0.00746. The van der Waals surface area contributed by atoms with Gasteiger partial charge in [-0.3, -0.25) is 119 Å². The Morgan fingerprint density at radius 1 is 0.489 bits per heavy atom. The predicted octanol–water partition coefficient (Wildman–Crippen LogP) is 6.76. The van der Waals surface area contributed by atoms with Gasteiger partial charge in [-0.25, -0.2) is 13.7 Å². The number of carboxylic acid groups (broad SMARTS) is 9. The van der Waals surface area contributed by atoms with Gasteiger partial charge in [0.15, 0.2) is 1.43 Å². The summed E-state index contributed by atoms with van der Waals surface area (Å²) < 4.78 is 93.3. The zero-order valence-corrected chi connectivity index (χ0v) is 80.9. The van der Waals surface area contributed by atoms with Gasteiger partial charge in [-0.2, -0.15) is 12.6 Å². The molecule has 18 N–H and O–H groups in total. The molecule has 1 aliphatic rings. The lowest BCUT2D eigenvalue weighted by molar-refractivity contribution is -0.152. The van der Waals surface area contributed by atoms with Crippen LogP contribution in [0.5, 0.6) is 0 Å². The first kappa shape index (κ1) is 129. The molecule has 1 fully saturated rings. The number of thioether (sulfide) groups is 1. The molecule has 56 heteroatoms. The zero-order valence-electron chi connectivity index (χ0n) is 77.8. The van der Waals surface area contributed by atoms with Crippen molar-refractivity contribution in [3.05, 3.63) is 5.90 Å². The Labute approximate surface area is 798 Å². The molecule has 0 aromatic heterocycles. The molecule has 0 saturated carbocycles. The third-order valence-corrected chi connectivity index (χ3v) is 25.7. The van der Waals surface area contributed by atoms with Crippen LogP contribution in [0.2, 0.25) is 1.43 Å². The molecular weight excluding hydrogens is 1910 g/mol. The standard InChI is InChI=1S/C58H94N7O31PS.C13H29O5PS2.C5H13O4PS.CH4.H2NO.2H2/c1-92-97(90,91)96-24-11-2-3-12-28-98-43-29-47(70)65(54(43)83)23-17-46(69)61-58(36-93-25-18-39(66)13-5-4-6-14-40(55(84)85)62(30-48(71)72)31-49(73)74,37-94-26-19-44(67)59-21-9-7-15-41(56(86)87)63(32-50(75)76)33-51(77)78)38-95-27-20-45(68)60-22-10-8-16-42(57(88)89)64(34-52(79)80)35-53(81)82;1-17-19(15,16)18-11-7-3-5-9-13-21-20-12-8-4-2-6-10-14;1-8-10(6,7)9-4-2-3-5-11;;1-2;;/h40-43H,2-38H2,1H3,(H,59,67)(H,60,68)(H,61,69)(H,71,72)(H,73,74)(H,75,76)(H,77,78)(H,79,80)(H,81,82)(H,84,85)(H,86,87)(H,88,89)(H,90,91);14H,2-13H2,1H3,(H,15,16);11H,2-5H2,1H3,(H,6,7);1H4;1-2H;2*1H/q;;;;-1;;/i;;;;2D;1+2D;1+2. The van der Waals surface area contributed by atoms with Crippen molar-refractivity contribution in [2.45, 2.75) is 229 Å². The third kappa shape index (κ3) is 74.6. The Balaban J connectivity index is -0.000000913. The van der Waals surface area contributed by atoms with Crippen molar-refractivity contribution in [3.8, 4) is 0 Å². The number of imide groups is 1. The number of hydrogen-bond donors (Lipinski definition) is 18. The molecular formula is C77H146N8O41P3S4-. The first-order chi connectivity index (χ1) is 63.9. The Bertz CT molecular complexity index is 3300. The summed E-state index contributed by atoms with van der Waals surface area (Å²) in [6.07, 6.45) is 12.0. The number of ether oxygens (including phenoxy) is 3. The van der Waals surface area contributed by atoms with Crippen LogP contribution in [0.25, 0.3) is 5.90 Å². The van der Waals surface area contributed by atoms with Crippen molar-refractivity contribution in [2.75, 3.05) is 169 Å². The van der Waals surface area contributed by atoms with Gasteiger partial charge in [-0.05, 0) is 114 Å². The van der Waals surface area contributed by atoms with Crippen LogP contribution < -0.4 is 16.0 Å². The van der Waals surface area contributed by atoms with Crippen LogP contribution in [0.3, 0.4) is 0 Å². The van der Waals surface area contributed by atoms with Gasteiger partial charge in [-0.15, -0.1) is 11.8 Å². The number of carboxylic acids is 9. The zero-order chi connectivity index (χ0) is 103. The number of carbonyl (C=O) groups excluding carboxylic acids is 6. The van der Waals surface area contributed by atoms with Gasteiger partial charge in [0.1, 0.15) is 29.4 Å². The average Bonchev–Trinajstić information content (AvgIpc) is 1.69. The van der Waals surface area contributed by atoms with Gasteiger partial charge in [0.25, 0.3) is 0 Å². The summed E-state index contributed by atoms with van der Waals surface area (Å²) in [4.78, 5) is 214. The summed E-state index contributed by atoms with van der Waals surface area (Å²) in [5.41, 5.74) is -1.72. The van der Waals surface area contributed by atoms with E-state index in [1.54, 1.807) is 0 Å². The van der Waals surface area contributed by atoms with Crippen LogP contribution >= 0.6 is 69.4 Å². The molecule has 0 bridgehead atoms. The summed E-state index contributed by atoms with van der Waals surface area (Å²) in [5.74, 6) is -7.32. The molecule has 0 spiro atoms. The maximum absolute atomic E-state index is 14.0. The number of aliphatic hydroxyl groups excluding tert-OH is 1. The molecule has 0 aromatic carbocycles. The SMILES string of the molecule is C.COP(=O)(O)OCCCCCCSC1CC(=O)N(CCC(=O)NC(COCCC(=O)CCCCCC(C(=O)O)N(CC(=O)O)CC(=O)O)(COCCC(=O)NCCCCC(C(=O)O)N(CC(=O)O)CC(=O)O)COCCC(=O)NCCCCC(C(=O)O)N(CC(=O)O)CC(=O)O)C1=O.COP(=O)(O)OCCCCCCSSCCCCCCO.COP(=O)(O)OCCCCS.[2H]O[NH-].[2H][3H].[3HH]. The molecule has 133 heavy (non-hydrogen) atoms. The largest absolute Gasteiger partial charge is 0.553 e. The van der Waals surface area contributed by atoms with E-state index >= 15 is 0 Å². The van der Waals surface area contributed by atoms with E-state index in [1.807, 2.05) is 21.6 Å². The van der Waals surface area contributed by atoms with Crippen LogP contribution in [0.4, 0.5) is 0 Å². The lowest BCUT2D eigenvalue weighted by Gasteiger charge is -2.34. The second-order valence-electron chi connectivity index (χ2n) is 29.4. The minimum Gasteiger partial charge on any atom is -0.553 e. The number of phosphoric acid groups is 3. The summed E-state index contributed by atoms with van der Waals surface area (Å²) >= 11 is 5.22. The molecule has 0 aromatic rings. The number of hydrogen-bond acceptors (Lipinski definition) is 36. The van der Waals surface area contributed by atoms with E-state index in [0.29, 0.717) is 44.5 Å². The number of carbonyl (C=O) groups is 15. The third-order valence-electron chi connectivity index (χ3n) is 18.6. The molecule has 7 atom stereocenters. The number of aliphatic carboxylic acids is 9. The number of unbranched alkanes of at least 4 members (excludes halogenated alkanes) is 14. The molecule has 5 amide bonds. The number of nitrogens with zero attached hydrogens (tertiary/aromatic N) is 4. The van der Waals surface area contributed by atoms with E-state index in [2.05, 4.69) is 51.9 Å². The Morgan fingerprint density at radius 2 is 0.820 bits per heavy atom. The van der Waals surface area contributed by atoms with Crippen LogP contribution in [-0.4, -0.2) is 378 Å². The number of aliphatic hydroxyl groups is 1.